The summed E-state index contributed by atoms with van der Waals surface area (Å²) in [4.78, 5) is 26.8. The number of ether oxygens (including phenoxy) is 1. The predicted octanol–water partition coefficient (Wildman–Crippen LogP) is 6.73. The van der Waals surface area contributed by atoms with Crippen LogP contribution >= 0.6 is 0 Å². The number of aryl methyl sites for hydroxylation is 1. The Hall–Kier alpha value is -4.38. The highest BCUT2D eigenvalue weighted by Crippen LogP contribution is 2.23. The Morgan fingerprint density at radius 2 is 1.41 bits per heavy atom. The Kier molecular flexibility index (Phi) is 8.71. The van der Waals surface area contributed by atoms with Crippen LogP contribution in [0.4, 0.5) is 0 Å². The van der Waals surface area contributed by atoms with Gasteiger partial charge in [0.2, 0.25) is 0 Å². The second-order valence-electron chi connectivity index (χ2n) is 8.98. The van der Waals surface area contributed by atoms with Crippen molar-refractivity contribution < 1.29 is 19.4 Å². The van der Waals surface area contributed by atoms with Crippen molar-refractivity contribution in [3.63, 3.8) is 0 Å². The molecule has 4 rings (SSSR count). The van der Waals surface area contributed by atoms with Crippen molar-refractivity contribution in [2.24, 2.45) is 0 Å². The van der Waals surface area contributed by atoms with E-state index in [0.29, 0.717) is 24.4 Å². The van der Waals surface area contributed by atoms with Gasteiger partial charge >= 0.3 is 5.97 Å². The number of hydrogen-bond donors (Lipinski definition) is 1. The quantitative estimate of drug-likeness (QED) is 0.235. The van der Waals surface area contributed by atoms with Crippen LogP contribution in [0.25, 0.3) is 11.1 Å². The fourth-order valence-corrected chi connectivity index (χ4v) is 4.35. The molecular weight excluding hydrogens is 462 g/mol. The molecule has 0 aliphatic carbocycles. The molecule has 0 heterocycles. The van der Waals surface area contributed by atoms with E-state index in [4.69, 9.17) is 4.74 Å². The third-order valence-corrected chi connectivity index (χ3v) is 6.35. The Labute approximate surface area is 218 Å². The fraction of sp³-hybridized carbons (Fsp3) is 0.188. The standard InChI is InChI=1S/C32H31NO4/c1-37-30-18-16-26(17-19-30)31(34)33(20-6-5-11-24-9-3-2-4-10-24)23-25-12-7-13-27(21-25)28-14-8-15-29(22-28)32(35)36/h2-4,7-10,12-19,21-22H,5-6,11,20,23H2,1H3,(H,35,36). The zero-order chi connectivity index (χ0) is 26.0. The van der Waals surface area contributed by atoms with E-state index in [-0.39, 0.29) is 11.5 Å². The summed E-state index contributed by atoms with van der Waals surface area (Å²) in [6.07, 6.45) is 2.84. The normalized spacial score (nSPS) is 10.6. The molecule has 0 radical (unpaired) electrons. The Morgan fingerprint density at radius 3 is 2.11 bits per heavy atom. The van der Waals surface area contributed by atoms with Crippen molar-refractivity contribution in [3.05, 3.63) is 125 Å². The van der Waals surface area contributed by atoms with Gasteiger partial charge in [0.25, 0.3) is 5.91 Å². The topological polar surface area (TPSA) is 66.8 Å². The van der Waals surface area contributed by atoms with E-state index in [1.807, 2.05) is 53.4 Å². The first-order chi connectivity index (χ1) is 18.0. The number of rotatable bonds is 11. The van der Waals surface area contributed by atoms with Crippen LogP contribution in [-0.4, -0.2) is 35.5 Å². The number of carbonyl (C=O) groups is 2. The molecule has 5 nitrogen and oxygen atoms in total. The molecule has 5 heteroatoms. The second kappa shape index (κ2) is 12.5. The molecule has 0 saturated carbocycles. The SMILES string of the molecule is COc1ccc(C(=O)N(CCCCc2ccccc2)Cc2cccc(-c3cccc(C(=O)O)c3)c2)cc1. The van der Waals surface area contributed by atoms with E-state index in [1.54, 1.807) is 49.6 Å². The van der Waals surface area contributed by atoms with E-state index >= 15 is 0 Å². The summed E-state index contributed by atoms with van der Waals surface area (Å²) in [5, 5.41) is 9.36. The number of nitrogens with zero attached hydrogens (tertiary/aromatic N) is 1. The number of carboxylic acids is 1. The molecule has 1 N–H and O–H groups in total. The minimum absolute atomic E-state index is 0.0272. The summed E-state index contributed by atoms with van der Waals surface area (Å²) in [6, 6.07) is 32.4. The number of amides is 1. The third-order valence-electron chi connectivity index (χ3n) is 6.35. The molecule has 0 aliphatic heterocycles. The van der Waals surface area contributed by atoms with Crippen molar-refractivity contribution in [1.29, 1.82) is 0 Å². The minimum Gasteiger partial charge on any atom is -0.497 e. The number of aromatic carboxylic acids is 1. The number of carbonyl (C=O) groups excluding carboxylic acids is 1. The van der Waals surface area contributed by atoms with Crippen molar-refractivity contribution >= 4 is 11.9 Å². The van der Waals surface area contributed by atoms with Crippen LogP contribution in [0.5, 0.6) is 5.75 Å². The monoisotopic (exact) mass is 493 g/mol. The maximum Gasteiger partial charge on any atom is 0.335 e. The average Bonchev–Trinajstić information content (AvgIpc) is 2.95. The van der Waals surface area contributed by atoms with Crippen LogP contribution in [-0.2, 0) is 13.0 Å². The Morgan fingerprint density at radius 1 is 0.730 bits per heavy atom. The zero-order valence-electron chi connectivity index (χ0n) is 21.0. The molecule has 0 aromatic heterocycles. The van der Waals surface area contributed by atoms with Gasteiger partial charge in [-0.15, -0.1) is 0 Å². The van der Waals surface area contributed by atoms with Gasteiger partial charge in [0, 0.05) is 18.7 Å². The summed E-state index contributed by atoms with van der Waals surface area (Å²) < 4.78 is 5.24. The van der Waals surface area contributed by atoms with Crippen LogP contribution in [0.1, 0.15) is 44.7 Å². The van der Waals surface area contributed by atoms with Gasteiger partial charge in [-0.05, 0) is 84.0 Å². The number of methoxy groups -OCH3 is 1. The molecular formula is C32H31NO4. The first kappa shape index (κ1) is 25.7. The lowest BCUT2D eigenvalue weighted by atomic mass is 10.0. The molecule has 37 heavy (non-hydrogen) atoms. The number of benzene rings is 4. The fourth-order valence-electron chi connectivity index (χ4n) is 4.35. The van der Waals surface area contributed by atoms with E-state index in [0.717, 1.165) is 36.0 Å². The van der Waals surface area contributed by atoms with Crippen LogP contribution in [0, 0.1) is 0 Å². The highest BCUT2D eigenvalue weighted by molar-refractivity contribution is 5.94. The van der Waals surface area contributed by atoms with Gasteiger partial charge in [0.15, 0.2) is 0 Å². The van der Waals surface area contributed by atoms with Crippen molar-refractivity contribution in [1.82, 2.24) is 4.90 Å². The van der Waals surface area contributed by atoms with Gasteiger partial charge < -0.3 is 14.7 Å². The zero-order valence-corrected chi connectivity index (χ0v) is 21.0. The summed E-state index contributed by atoms with van der Waals surface area (Å²) in [5.41, 5.74) is 4.90. The van der Waals surface area contributed by atoms with Gasteiger partial charge in [-0.1, -0.05) is 60.7 Å². The van der Waals surface area contributed by atoms with Crippen LogP contribution in [0.2, 0.25) is 0 Å². The highest BCUT2D eigenvalue weighted by atomic mass is 16.5. The van der Waals surface area contributed by atoms with Crippen LogP contribution in [0.15, 0.2) is 103 Å². The van der Waals surface area contributed by atoms with Crippen molar-refractivity contribution in [2.45, 2.75) is 25.8 Å². The third kappa shape index (κ3) is 7.07. The van der Waals surface area contributed by atoms with Crippen molar-refractivity contribution in [2.75, 3.05) is 13.7 Å². The summed E-state index contributed by atoms with van der Waals surface area (Å²) in [5.74, 6) is -0.271. The predicted molar refractivity (Wildman–Crippen MR) is 146 cm³/mol. The largest absolute Gasteiger partial charge is 0.497 e. The van der Waals surface area contributed by atoms with E-state index < -0.39 is 5.97 Å². The van der Waals surface area contributed by atoms with Gasteiger partial charge in [-0.2, -0.15) is 0 Å². The molecule has 0 fully saturated rings. The first-order valence-corrected chi connectivity index (χ1v) is 12.4. The molecule has 0 aliphatic rings. The smallest absolute Gasteiger partial charge is 0.335 e. The molecule has 0 spiro atoms. The van der Waals surface area contributed by atoms with E-state index in [9.17, 15) is 14.7 Å². The Balaban J connectivity index is 1.52. The molecule has 1 amide bonds. The number of hydrogen-bond acceptors (Lipinski definition) is 3. The maximum atomic E-state index is 13.5. The number of carboxylic acid groups (broad SMARTS) is 1. The molecule has 4 aromatic carbocycles. The first-order valence-electron chi connectivity index (χ1n) is 12.4. The van der Waals surface area contributed by atoms with Crippen molar-refractivity contribution in [3.8, 4) is 16.9 Å². The van der Waals surface area contributed by atoms with Gasteiger partial charge in [-0.25, -0.2) is 4.79 Å². The van der Waals surface area contributed by atoms with Crippen LogP contribution < -0.4 is 4.74 Å². The molecule has 0 bridgehead atoms. The lowest BCUT2D eigenvalue weighted by molar-refractivity contribution is 0.0695. The average molecular weight is 494 g/mol. The summed E-state index contributed by atoms with van der Waals surface area (Å²) in [6.45, 7) is 1.10. The van der Waals surface area contributed by atoms with E-state index in [1.165, 1.54) is 5.56 Å². The molecule has 188 valence electrons. The van der Waals surface area contributed by atoms with Crippen LogP contribution in [0.3, 0.4) is 0 Å². The Bertz CT molecular complexity index is 1330. The lowest BCUT2D eigenvalue weighted by Crippen LogP contribution is -2.31. The summed E-state index contributed by atoms with van der Waals surface area (Å²) >= 11 is 0. The molecule has 0 unspecified atom stereocenters. The van der Waals surface area contributed by atoms with Gasteiger partial charge in [-0.3, -0.25) is 4.79 Å². The van der Waals surface area contributed by atoms with Gasteiger partial charge in [0.1, 0.15) is 5.75 Å². The van der Waals surface area contributed by atoms with Gasteiger partial charge in [0.05, 0.1) is 12.7 Å². The molecule has 4 aromatic rings. The highest BCUT2D eigenvalue weighted by Gasteiger charge is 2.17. The van der Waals surface area contributed by atoms with E-state index in [2.05, 4.69) is 12.1 Å². The summed E-state index contributed by atoms with van der Waals surface area (Å²) in [7, 11) is 1.61. The second-order valence-corrected chi connectivity index (χ2v) is 8.98. The lowest BCUT2D eigenvalue weighted by Gasteiger charge is -2.23. The minimum atomic E-state index is -0.954. The molecule has 0 atom stereocenters. The maximum absolute atomic E-state index is 13.5. The number of unbranched alkanes of at least 4 members (excludes halogenated alkanes) is 1. The molecule has 0 saturated heterocycles.